The van der Waals surface area contributed by atoms with E-state index in [2.05, 4.69) is 26.2 Å². The van der Waals surface area contributed by atoms with Gasteiger partial charge < -0.3 is 0 Å². The molecule has 0 saturated heterocycles. The van der Waals surface area contributed by atoms with Crippen LogP contribution in [0.15, 0.2) is 28.7 Å². The minimum atomic E-state index is -0.0959. The van der Waals surface area contributed by atoms with Crippen molar-refractivity contribution < 1.29 is 4.79 Å². The number of benzene rings is 1. The van der Waals surface area contributed by atoms with E-state index >= 15 is 0 Å². The fourth-order valence-corrected chi connectivity index (χ4v) is 3.66. The number of anilines is 1. The van der Waals surface area contributed by atoms with Crippen molar-refractivity contribution >= 4 is 38.3 Å². The number of hydrogen-bond donors (Lipinski definition) is 1. The molecular weight excluding hydrogens is 336 g/mol. The van der Waals surface area contributed by atoms with Crippen molar-refractivity contribution in [2.24, 2.45) is 0 Å². The summed E-state index contributed by atoms with van der Waals surface area (Å²) in [6.07, 6.45) is 5.86. The monoisotopic (exact) mass is 350 g/mol. The molecule has 3 nitrogen and oxygen atoms in total. The zero-order valence-electron chi connectivity index (χ0n) is 11.0. The molecule has 2 aromatic rings. The first-order valence-electron chi connectivity index (χ1n) is 6.78. The lowest BCUT2D eigenvalue weighted by atomic mass is 10.2. The number of hydrogen-bond acceptors (Lipinski definition) is 3. The third-order valence-corrected chi connectivity index (χ3v) is 5.02. The Morgan fingerprint density at radius 3 is 2.70 bits per heavy atom. The number of halogens is 1. The van der Waals surface area contributed by atoms with Crippen molar-refractivity contribution in [3.05, 3.63) is 44.9 Å². The minimum Gasteiger partial charge on any atom is -0.298 e. The van der Waals surface area contributed by atoms with Crippen LogP contribution in [0.1, 0.15) is 40.2 Å². The lowest BCUT2D eigenvalue weighted by Crippen LogP contribution is -2.11. The molecule has 0 radical (unpaired) electrons. The van der Waals surface area contributed by atoms with Gasteiger partial charge in [-0.15, -0.1) is 11.3 Å². The average molecular weight is 351 g/mol. The number of fused-ring (bicyclic) bond motifs is 1. The van der Waals surface area contributed by atoms with Crippen LogP contribution in [0.2, 0.25) is 0 Å². The van der Waals surface area contributed by atoms with Gasteiger partial charge in [0.2, 0.25) is 0 Å². The molecule has 0 aliphatic heterocycles. The van der Waals surface area contributed by atoms with Gasteiger partial charge in [0.1, 0.15) is 0 Å². The van der Waals surface area contributed by atoms with E-state index in [0.717, 1.165) is 22.4 Å². The van der Waals surface area contributed by atoms with Gasteiger partial charge in [-0.25, -0.2) is 4.98 Å². The van der Waals surface area contributed by atoms with E-state index in [1.807, 2.05) is 12.1 Å². The molecular formula is C15H15BrN2OS. The second kappa shape index (κ2) is 6.06. The number of aryl methyl sites for hydroxylation is 2. The second-order valence-corrected chi connectivity index (χ2v) is 6.91. The smallest absolute Gasteiger partial charge is 0.257 e. The van der Waals surface area contributed by atoms with Gasteiger partial charge >= 0.3 is 0 Å². The van der Waals surface area contributed by atoms with Crippen LogP contribution in [0.3, 0.4) is 0 Å². The van der Waals surface area contributed by atoms with Crippen molar-refractivity contribution in [3.8, 4) is 0 Å². The summed E-state index contributed by atoms with van der Waals surface area (Å²) in [6.45, 7) is 0. The number of amides is 1. The maximum absolute atomic E-state index is 12.1. The molecule has 1 aromatic heterocycles. The highest BCUT2D eigenvalue weighted by Gasteiger charge is 2.15. The summed E-state index contributed by atoms with van der Waals surface area (Å²) >= 11 is 4.99. The molecule has 0 fully saturated rings. The van der Waals surface area contributed by atoms with E-state index in [4.69, 9.17) is 0 Å². The normalized spacial score (nSPS) is 14.4. The van der Waals surface area contributed by atoms with E-state index in [-0.39, 0.29) is 5.91 Å². The zero-order valence-corrected chi connectivity index (χ0v) is 13.4. The Hall–Kier alpha value is -1.20. The van der Waals surface area contributed by atoms with Crippen LogP contribution < -0.4 is 5.32 Å². The Balaban J connectivity index is 1.74. The number of rotatable bonds is 2. The van der Waals surface area contributed by atoms with Gasteiger partial charge in [0.15, 0.2) is 5.13 Å². The highest BCUT2D eigenvalue weighted by Crippen LogP contribution is 2.29. The summed E-state index contributed by atoms with van der Waals surface area (Å²) in [5.74, 6) is -0.0959. The molecule has 1 aliphatic rings. The Bertz CT molecular complexity index is 598. The van der Waals surface area contributed by atoms with E-state index in [9.17, 15) is 4.79 Å². The number of aromatic nitrogens is 1. The predicted octanol–water partition coefficient (Wildman–Crippen LogP) is 4.43. The fraction of sp³-hybridized carbons (Fsp3) is 0.333. The lowest BCUT2D eigenvalue weighted by molar-refractivity contribution is 0.102. The molecule has 0 saturated carbocycles. The van der Waals surface area contributed by atoms with Crippen LogP contribution in [-0.4, -0.2) is 10.9 Å². The number of nitrogens with zero attached hydrogens (tertiary/aromatic N) is 1. The summed E-state index contributed by atoms with van der Waals surface area (Å²) in [6, 6.07) is 7.34. The largest absolute Gasteiger partial charge is 0.298 e. The number of carbonyl (C=O) groups excluding carboxylic acids is 1. The molecule has 0 spiro atoms. The molecule has 3 rings (SSSR count). The zero-order chi connectivity index (χ0) is 13.9. The van der Waals surface area contributed by atoms with E-state index < -0.39 is 0 Å². The summed E-state index contributed by atoms with van der Waals surface area (Å²) in [5, 5.41) is 3.64. The molecule has 0 bridgehead atoms. The Morgan fingerprint density at radius 2 is 1.90 bits per heavy atom. The SMILES string of the molecule is O=C(Nc1nc2c(s1)CCCCC2)c1ccc(Br)cc1. The summed E-state index contributed by atoms with van der Waals surface area (Å²) in [5.41, 5.74) is 1.83. The first kappa shape index (κ1) is 13.8. The van der Waals surface area contributed by atoms with Gasteiger partial charge in [0, 0.05) is 14.9 Å². The highest BCUT2D eigenvalue weighted by atomic mass is 79.9. The van der Waals surface area contributed by atoms with Crippen molar-refractivity contribution in [2.75, 3.05) is 5.32 Å². The van der Waals surface area contributed by atoms with Gasteiger partial charge in [0.25, 0.3) is 5.91 Å². The Morgan fingerprint density at radius 1 is 1.15 bits per heavy atom. The van der Waals surface area contributed by atoms with Gasteiger partial charge in [-0.05, 0) is 49.9 Å². The number of carbonyl (C=O) groups is 1. The molecule has 5 heteroatoms. The molecule has 0 unspecified atom stereocenters. The van der Waals surface area contributed by atoms with Crippen LogP contribution >= 0.6 is 27.3 Å². The van der Waals surface area contributed by atoms with Crippen molar-refractivity contribution in [2.45, 2.75) is 32.1 Å². The number of thiazole rings is 1. The minimum absolute atomic E-state index is 0.0959. The highest BCUT2D eigenvalue weighted by molar-refractivity contribution is 9.10. The molecule has 1 aliphatic carbocycles. The third-order valence-electron chi connectivity index (χ3n) is 3.42. The summed E-state index contributed by atoms with van der Waals surface area (Å²) in [7, 11) is 0. The van der Waals surface area contributed by atoms with Crippen LogP contribution in [0.5, 0.6) is 0 Å². The molecule has 20 heavy (non-hydrogen) atoms. The van der Waals surface area contributed by atoms with Gasteiger partial charge in [-0.3, -0.25) is 10.1 Å². The topological polar surface area (TPSA) is 42.0 Å². The maximum Gasteiger partial charge on any atom is 0.257 e. The van der Waals surface area contributed by atoms with Crippen molar-refractivity contribution in [1.82, 2.24) is 4.98 Å². The van der Waals surface area contributed by atoms with Gasteiger partial charge in [-0.2, -0.15) is 0 Å². The van der Waals surface area contributed by atoms with Crippen LogP contribution in [0.25, 0.3) is 0 Å². The first-order chi connectivity index (χ1) is 9.72. The van der Waals surface area contributed by atoms with E-state index in [1.54, 1.807) is 23.5 Å². The summed E-state index contributed by atoms with van der Waals surface area (Å²) < 4.78 is 0.968. The Labute approximate surface area is 130 Å². The quantitative estimate of drug-likeness (QED) is 0.814. The lowest BCUT2D eigenvalue weighted by Gasteiger charge is -2.01. The predicted molar refractivity (Wildman–Crippen MR) is 85.5 cm³/mol. The summed E-state index contributed by atoms with van der Waals surface area (Å²) in [4.78, 5) is 18.1. The molecule has 1 heterocycles. The number of nitrogens with one attached hydrogen (secondary N) is 1. The van der Waals surface area contributed by atoms with Crippen molar-refractivity contribution in [1.29, 1.82) is 0 Å². The van der Waals surface area contributed by atoms with Crippen LogP contribution in [-0.2, 0) is 12.8 Å². The molecule has 104 valence electrons. The van der Waals surface area contributed by atoms with E-state index in [0.29, 0.717) is 5.56 Å². The standard InChI is InChI=1S/C15H15BrN2OS/c16-11-8-6-10(7-9-11)14(19)18-15-17-12-4-2-1-3-5-13(12)20-15/h6-9H,1-5H2,(H,17,18,19). The average Bonchev–Trinajstić information content (AvgIpc) is 2.68. The van der Waals surface area contributed by atoms with Crippen LogP contribution in [0.4, 0.5) is 5.13 Å². The first-order valence-corrected chi connectivity index (χ1v) is 8.39. The second-order valence-electron chi connectivity index (χ2n) is 4.91. The molecule has 1 amide bonds. The van der Waals surface area contributed by atoms with Gasteiger partial charge in [-0.1, -0.05) is 22.4 Å². The molecule has 0 atom stereocenters. The van der Waals surface area contributed by atoms with Crippen LogP contribution in [0, 0.1) is 0 Å². The Kier molecular flexibility index (Phi) is 4.17. The third kappa shape index (κ3) is 3.10. The van der Waals surface area contributed by atoms with E-state index in [1.165, 1.54) is 29.8 Å². The maximum atomic E-state index is 12.1. The molecule has 1 aromatic carbocycles. The van der Waals surface area contributed by atoms with Crippen molar-refractivity contribution in [3.63, 3.8) is 0 Å². The van der Waals surface area contributed by atoms with Gasteiger partial charge in [0.05, 0.1) is 5.69 Å². The molecule has 1 N–H and O–H groups in total. The fourth-order valence-electron chi connectivity index (χ4n) is 2.35.